The molecule has 2 heterocycles. The van der Waals surface area contributed by atoms with Crippen LogP contribution in [0.15, 0.2) is 55.1 Å². The molecule has 0 aliphatic heterocycles. The zero-order valence-corrected chi connectivity index (χ0v) is 13.5. The summed E-state index contributed by atoms with van der Waals surface area (Å²) >= 11 is 4.90. The number of hydrogen-bond acceptors (Lipinski definition) is 6. The van der Waals surface area contributed by atoms with E-state index in [2.05, 4.69) is 26.1 Å². The number of furan rings is 1. The number of hydrogen-bond donors (Lipinski definition) is 0. The summed E-state index contributed by atoms with van der Waals surface area (Å²) in [6, 6.07) is 9.42. The molecule has 0 unspecified atom stereocenters. The lowest BCUT2D eigenvalue weighted by Gasteiger charge is -2.07. The Bertz CT molecular complexity index is 728. The minimum Gasteiger partial charge on any atom is -0.496 e. The Morgan fingerprint density at radius 3 is 2.95 bits per heavy atom. The van der Waals surface area contributed by atoms with Crippen molar-refractivity contribution in [1.82, 2.24) is 10.2 Å². The quantitative estimate of drug-likeness (QED) is 0.623. The molecule has 21 heavy (non-hydrogen) atoms. The van der Waals surface area contributed by atoms with Gasteiger partial charge in [-0.1, -0.05) is 27.7 Å². The van der Waals surface area contributed by atoms with Crippen LogP contribution in [0.4, 0.5) is 0 Å². The van der Waals surface area contributed by atoms with Gasteiger partial charge in [-0.05, 0) is 30.3 Å². The van der Waals surface area contributed by atoms with E-state index in [1.165, 1.54) is 11.8 Å². The fraction of sp³-hybridized carbons (Fsp3) is 0.143. The summed E-state index contributed by atoms with van der Waals surface area (Å²) in [6.07, 6.45) is 1.57. The second-order valence-electron chi connectivity index (χ2n) is 4.10. The first kappa shape index (κ1) is 14.2. The van der Waals surface area contributed by atoms with E-state index in [1.54, 1.807) is 25.5 Å². The number of methoxy groups -OCH3 is 1. The Morgan fingerprint density at radius 1 is 1.29 bits per heavy atom. The van der Waals surface area contributed by atoms with E-state index in [9.17, 15) is 0 Å². The topological polar surface area (TPSA) is 61.3 Å². The normalized spacial score (nSPS) is 10.8. The third-order valence-corrected chi connectivity index (χ3v) is 4.09. The zero-order valence-electron chi connectivity index (χ0n) is 11.1. The molecule has 0 aliphatic rings. The number of thioether (sulfide) groups is 1. The van der Waals surface area contributed by atoms with E-state index >= 15 is 0 Å². The number of benzene rings is 1. The van der Waals surface area contributed by atoms with Gasteiger partial charge in [-0.3, -0.25) is 0 Å². The number of rotatable bonds is 5. The number of ether oxygens (including phenoxy) is 1. The van der Waals surface area contributed by atoms with Crippen LogP contribution in [-0.2, 0) is 5.75 Å². The molecule has 5 nitrogen and oxygen atoms in total. The summed E-state index contributed by atoms with van der Waals surface area (Å²) in [5.74, 6) is 2.44. The molecule has 0 radical (unpaired) electrons. The lowest BCUT2D eigenvalue weighted by atomic mass is 10.2. The first-order valence-corrected chi connectivity index (χ1v) is 7.86. The second kappa shape index (κ2) is 6.36. The van der Waals surface area contributed by atoms with Gasteiger partial charge in [-0.2, -0.15) is 0 Å². The van der Waals surface area contributed by atoms with Crippen LogP contribution in [0.25, 0.3) is 11.7 Å². The maximum atomic E-state index is 5.55. The third-order valence-electron chi connectivity index (χ3n) is 2.73. The number of nitrogens with zero attached hydrogens (tertiary/aromatic N) is 2. The van der Waals surface area contributed by atoms with Crippen LogP contribution < -0.4 is 4.74 Å². The molecule has 3 rings (SSSR count). The Balaban J connectivity index is 1.72. The van der Waals surface area contributed by atoms with Gasteiger partial charge in [-0.25, -0.2) is 0 Å². The number of halogens is 1. The molecule has 0 atom stereocenters. The third kappa shape index (κ3) is 3.30. The molecule has 0 saturated heterocycles. The molecular weight excluding hydrogens is 356 g/mol. The smallest absolute Gasteiger partial charge is 0.284 e. The van der Waals surface area contributed by atoms with Crippen molar-refractivity contribution in [2.24, 2.45) is 0 Å². The molecule has 108 valence electrons. The van der Waals surface area contributed by atoms with Gasteiger partial charge in [0.25, 0.3) is 11.1 Å². The van der Waals surface area contributed by atoms with Crippen LogP contribution in [0.3, 0.4) is 0 Å². The summed E-state index contributed by atoms with van der Waals surface area (Å²) in [5, 5.41) is 8.45. The highest BCUT2D eigenvalue weighted by Crippen LogP contribution is 2.30. The molecular formula is C14H11BrN2O3S. The summed E-state index contributed by atoms with van der Waals surface area (Å²) < 4.78 is 17.1. The van der Waals surface area contributed by atoms with Gasteiger partial charge in [0.05, 0.1) is 13.4 Å². The minimum atomic E-state index is 0.378. The molecule has 0 aliphatic carbocycles. The van der Waals surface area contributed by atoms with Crippen LogP contribution >= 0.6 is 27.7 Å². The molecule has 2 aromatic heterocycles. The zero-order chi connectivity index (χ0) is 14.7. The molecule has 0 N–H and O–H groups in total. The highest BCUT2D eigenvalue weighted by molar-refractivity contribution is 9.10. The van der Waals surface area contributed by atoms with Crippen molar-refractivity contribution in [3.05, 3.63) is 46.6 Å². The van der Waals surface area contributed by atoms with Gasteiger partial charge in [0.2, 0.25) is 0 Å². The van der Waals surface area contributed by atoms with E-state index in [4.69, 9.17) is 13.6 Å². The predicted molar refractivity (Wildman–Crippen MR) is 82.3 cm³/mol. The van der Waals surface area contributed by atoms with Gasteiger partial charge in [0.15, 0.2) is 5.76 Å². The van der Waals surface area contributed by atoms with E-state index in [0.29, 0.717) is 22.6 Å². The fourth-order valence-electron chi connectivity index (χ4n) is 1.77. The van der Waals surface area contributed by atoms with Crippen molar-refractivity contribution in [2.45, 2.75) is 11.0 Å². The van der Waals surface area contributed by atoms with Gasteiger partial charge >= 0.3 is 0 Å². The molecule has 0 bridgehead atoms. The Morgan fingerprint density at radius 2 is 2.19 bits per heavy atom. The van der Waals surface area contributed by atoms with Crippen LogP contribution in [0, 0.1) is 0 Å². The lowest BCUT2D eigenvalue weighted by Crippen LogP contribution is -1.90. The van der Waals surface area contributed by atoms with Crippen molar-refractivity contribution >= 4 is 27.7 Å². The molecule has 0 fully saturated rings. The highest BCUT2D eigenvalue weighted by Gasteiger charge is 2.12. The monoisotopic (exact) mass is 366 g/mol. The van der Waals surface area contributed by atoms with Crippen LogP contribution in [0.1, 0.15) is 5.56 Å². The summed E-state index contributed by atoms with van der Waals surface area (Å²) in [6.45, 7) is 0. The predicted octanol–water partition coefficient (Wildman–Crippen LogP) is 4.39. The van der Waals surface area contributed by atoms with Gasteiger partial charge in [-0.15, -0.1) is 10.2 Å². The molecule has 0 spiro atoms. The molecule has 1 aromatic carbocycles. The average Bonchev–Trinajstić information content (AvgIpc) is 3.16. The van der Waals surface area contributed by atoms with E-state index in [0.717, 1.165) is 15.8 Å². The second-order valence-corrected chi connectivity index (χ2v) is 5.94. The Labute approximate surface area is 133 Å². The van der Waals surface area contributed by atoms with Gasteiger partial charge in [0, 0.05) is 15.8 Å². The van der Waals surface area contributed by atoms with Crippen molar-refractivity contribution < 1.29 is 13.6 Å². The molecule has 3 aromatic rings. The highest BCUT2D eigenvalue weighted by atomic mass is 79.9. The number of aromatic nitrogens is 2. The van der Waals surface area contributed by atoms with Crippen LogP contribution in [0.5, 0.6) is 5.75 Å². The van der Waals surface area contributed by atoms with E-state index in [-0.39, 0.29) is 0 Å². The maximum absolute atomic E-state index is 5.55. The van der Waals surface area contributed by atoms with Crippen molar-refractivity contribution in [3.8, 4) is 17.4 Å². The van der Waals surface area contributed by atoms with Crippen molar-refractivity contribution in [2.75, 3.05) is 7.11 Å². The molecule has 7 heteroatoms. The first-order chi connectivity index (χ1) is 10.3. The van der Waals surface area contributed by atoms with Gasteiger partial charge in [0.1, 0.15) is 5.75 Å². The van der Waals surface area contributed by atoms with Crippen molar-refractivity contribution in [1.29, 1.82) is 0 Å². The molecule has 0 amide bonds. The SMILES string of the molecule is COc1ccc(Br)cc1CSc1nnc(-c2ccco2)o1. The first-order valence-electron chi connectivity index (χ1n) is 6.09. The van der Waals surface area contributed by atoms with Crippen LogP contribution in [-0.4, -0.2) is 17.3 Å². The largest absolute Gasteiger partial charge is 0.496 e. The summed E-state index contributed by atoms with van der Waals surface area (Å²) in [5.41, 5.74) is 1.05. The Hall–Kier alpha value is -1.73. The summed E-state index contributed by atoms with van der Waals surface area (Å²) in [7, 11) is 1.65. The van der Waals surface area contributed by atoms with E-state index in [1.807, 2.05) is 18.2 Å². The maximum Gasteiger partial charge on any atom is 0.284 e. The minimum absolute atomic E-state index is 0.378. The standard InChI is InChI=1S/C14H11BrN2O3S/c1-18-11-5-4-10(15)7-9(11)8-21-14-17-16-13(20-14)12-3-2-6-19-12/h2-7H,8H2,1H3. The summed E-state index contributed by atoms with van der Waals surface area (Å²) in [4.78, 5) is 0. The molecule has 0 saturated carbocycles. The van der Waals surface area contributed by atoms with E-state index < -0.39 is 0 Å². The lowest BCUT2D eigenvalue weighted by molar-refractivity contribution is 0.411. The van der Waals surface area contributed by atoms with Crippen molar-refractivity contribution in [3.63, 3.8) is 0 Å². The van der Waals surface area contributed by atoms with Crippen LogP contribution in [0.2, 0.25) is 0 Å². The van der Waals surface area contributed by atoms with Gasteiger partial charge < -0.3 is 13.6 Å². The average molecular weight is 367 g/mol. The fourth-order valence-corrected chi connectivity index (χ4v) is 2.92. The Kier molecular flexibility index (Phi) is 4.31.